The summed E-state index contributed by atoms with van der Waals surface area (Å²) in [5.41, 5.74) is 12.8. The Morgan fingerprint density at radius 3 is 0.967 bits per heavy atom. The molecule has 3 amide bonds. The number of aromatic nitrogens is 5. The molecule has 8 N–H and O–H groups in total. The Balaban J connectivity index is -0.000000237. The van der Waals surface area contributed by atoms with Gasteiger partial charge in [0.05, 0.1) is 48.5 Å². The molecule has 5 aromatic heterocycles. The molecule has 0 aliphatic rings. The third kappa shape index (κ3) is 45.8. The van der Waals surface area contributed by atoms with Gasteiger partial charge in [-0.15, -0.1) is 63.7 Å². The van der Waals surface area contributed by atoms with Crippen molar-refractivity contribution in [3.8, 4) is 0 Å². The molecular formula is C57H76Br2Cl3N10NaO9S10. The molecule has 92 heavy (non-hydrogen) atoms. The minimum Gasteiger partial charge on any atom is -0.796 e. The third-order valence-electron chi connectivity index (χ3n) is 8.35. The molecule has 0 fully saturated rings. The van der Waals surface area contributed by atoms with Crippen molar-refractivity contribution in [2.24, 2.45) is 0 Å². The fourth-order valence-electron chi connectivity index (χ4n) is 4.87. The van der Waals surface area contributed by atoms with Crippen LogP contribution in [0.3, 0.4) is 0 Å². The van der Waals surface area contributed by atoms with Gasteiger partial charge in [0.1, 0.15) is 8.42 Å². The van der Waals surface area contributed by atoms with Crippen molar-refractivity contribution in [1.82, 2.24) is 24.9 Å². The Morgan fingerprint density at radius 2 is 0.772 bits per heavy atom. The normalized spacial score (nSPS) is 9.07. The van der Waals surface area contributed by atoms with Crippen molar-refractivity contribution in [1.29, 1.82) is 0 Å². The number of carbonyl (C=O) groups excluding carboxylic acids is 4. The summed E-state index contributed by atoms with van der Waals surface area (Å²) in [6.45, 7) is 12.0. The number of carbonyl (C=O) groups is 4. The number of aliphatic hydroxyl groups is 1. The molecule has 0 saturated carbocycles. The number of alkyl halides is 2. The molecule has 35 heteroatoms. The van der Waals surface area contributed by atoms with E-state index < -0.39 is 24.9 Å². The Morgan fingerprint density at radius 1 is 0.511 bits per heavy atom. The molecule has 0 radical (unpaired) electrons. The van der Waals surface area contributed by atoms with Crippen LogP contribution >= 0.6 is 148 Å². The Kier molecular flexibility index (Phi) is 66.1. The van der Waals surface area contributed by atoms with E-state index in [0.717, 1.165) is 50.3 Å². The monoisotopic (exact) mass is 1650 g/mol. The van der Waals surface area contributed by atoms with Gasteiger partial charge in [-0.3, -0.25) is 35.1 Å². The number of thiazole rings is 5. The van der Waals surface area contributed by atoms with E-state index in [9.17, 15) is 36.0 Å². The summed E-state index contributed by atoms with van der Waals surface area (Å²) in [6, 6.07) is 35.1. The minimum absolute atomic E-state index is 0. The average molecular weight is 1660 g/mol. The van der Waals surface area contributed by atoms with E-state index in [0.29, 0.717) is 37.6 Å². The number of hydrogen-bond donors (Lipinski definition) is 6. The van der Waals surface area contributed by atoms with Crippen LogP contribution in [-0.2, 0) is 32.3 Å². The van der Waals surface area contributed by atoms with Gasteiger partial charge in [-0.05, 0) is 76.4 Å². The fourth-order valence-corrected chi connectivity index (χ4v) is 11.7. The maximum absolute atomic E-state index is 11.8. The topological polar surface area (TPSA) is 309 Å². The number of amides is 3. The van der Waals surface area contributed by atoms with E-state index in [1.807, 2.05) is 90.5 Å². The zero-order chi connectivity index (χ0) is 68.4. The van der Waals surface area contributed by atoms with E-state index in [1.54, 1.807) is 133 Å². The maximum atomic E-state index is 11.8. The van der Waals surface area contributed by atoms with Crippen LogP contribution in [0.25, 0.3) is 0 Å². The number of nitrogens with two attached hydrogens (primary N) is 2. The molecular weight excluding hydrogens is 1580 g/mol. The summed E-state index contributed by atoms with van der Waals surface area (Å²) in [4.78, 5) is 65.2. The molecule has 504 valence electrons. The standard InChI is InChI=1S/2C11H10N2O3S2.C11H10N2OS2.C7H5ClO.C4H6N2S2.C3H3BrN2S.3C2H6.CH2Cl2.CH4O.CH4S.CH4.BrH.Na/c2*1-18(15,16)9-7-12-11(17-9)13-10(14)8-5-3-2-4-6-8;1-15-9-7-12-11(16-9)13-10(14)8-5-3-2-4-6-8;8-7(9)6-4-2-1-3-5-6;1-7-3-2-6-4(5)8-3;4-2-1-6-3(5)7-2;3*1-2;2-1-3;2*1-2;;;/h2*2-7H,1H3,(H,12,13,14);2-7H,1H3,(H,12,13,14);1-5H;2H,1H3,(H2,5,6);1H,(H2,5,6);3*1-2H3;1H2;2*2H,1H3;1H4;1H;/q;;;;;;;;;;;;;;+1/p-1. The fraction of sp³-hybridized carbons (Fsp3) is 0.246. The summed E-state index contributed by atoms with van der Waals surface area (Å²) in [5.74, 6) is -0.752. The summed E-state index contributed by atoms with van der Waals surface area (Å²) in [6.07, 6.45) is 15.5. The number of nitrogens with one attached hydrogen (secondary N) is 3. The largest absolute Gasteiger partial charge is 1.00 e. The van der Waals surface area contributed by atoms with Crippen molar-refractivity contribution in [3.63, 3.8) is 0 Å². The predicted molar refractivity (Wildman–Crippen MR) is 406 cm³/mol. The van der Waals surface area contributed by atoms with Gasteiger partial charge in [0, 0.05) is 41.9 Å². The van der Waals surface area contributed by atoms with Crippen LogP contribution in [0.1, 0.15) is 90.4 Å². The molecule has 5 heterocycles. The van der Waals surface area contributed by atoms with Gasteiger partial charge >= 0.3 is 29.6 Å². The molecule has 0 unspecified atom stereocenters. The molecule has 9 aromatic rings. The van der Waals surface area contributed by atoms with Gasteiger partial charge in [0.15, 0.2) is 45.3 Å². The maximum Gasteiger partial charge on any atom is 1.00 e. The minimum atomic E-state index is -3.28. The van der Waals surface area contributed by atoms with E-state index in [-0.39, 0.29) is 95.7 Å². The van der Waals surface area contributed by atoms with Gasteiger partial charge in [0.2, 0.25) is 0 Å². The molecule has 0 atom stereocenters. The number of benzene rings is 4. The Labute approximate surface area is 632 Å². The van der Waals surface area contributed by atoms with Gasteiger partial charge in [-0.1, -0.05) is 191 Å². The van der Waals surface area contributed by atoms with Crippen molar-refractivity contribution in [2.75, 3.05) is 71.1 Å². The van der Waals surface area contributed by atoms with Gasteiger partial charge in [-0.2, -0.15) is 6.26 Å². The van der Waals surface area contributed by atoms with Crippen molar-refractivity contribution in [3.05, 3.63) is 178 Å². The number of sulfone groups is 2. The number of halogens is 5. The van der Waals surface area contributed by atoms with Crippen LogP contribution in [0.5, 0.6) is 0 Å². The second-order valence-electron chi connectivity index (χ2n) is 14.1. The number of thioether (sulfide) groups is 2. The smallest absolute Gasteiger partial charge is 0.796 e. The first-order chi connectivity index (χ1) is 42.6. The number of aliphatic hydroxyl groups excluding tert-OH is 1. The van der Waals surface area contributed by atoms with E-state index >= 15 is 0 Å². The second kappa shape index (κ2) is 61.1. The molecule has 9 rings (SSSR count). The van der Waals surface area contributed by atoms with Crippen molar-refractivity contribution >= 4 is 229 Å². The Hall–Kier alpha value is -3.55. The number of rotatable bonds is 11. The van der Waals surface area contributed by atoms with E-state index in [1.165, 1.54) is 50.6 Å². The van der Waals surface area contributed by atoms with Crippen molar-refractivity contribution < 1.29 is 70.7 Å². The molecule has 0 aliphatic carbocycles. The van der Waals surface area contributed by atoms with Gasteiger partial charge in [-0.25, -0.2) is 41.8 Å². The number of hydrogen-bond acceptors (Lipinski definition) is 24. The van der Waals surface area contributed by atoms with Crippen LogP contribution in [0.4, 0.5) is 25.7 Å². The summed E-state index contributed by atoms with van der Waals surface area (Å²) in [7, 11) is -5.56. The summed E-state index contributed by atoms with van der Waals surface area (Å²) < 4.78 is 48.5. The quantitative estimate of drug-likeness (QED) is 0.0230. The van der Waals surface area contributed by atoms with E-state index in [4.69, 9.17) is 51.4 Å². The first-order valence-electron chi connectivity index (χ1n) is 25.3. The third-order valence-corrected chi connectivity index (χ3v) is 19.1. The van der Waals surface area contributed by atoms with Crippen LogP contribution < -0.4 is 57.0 Å². The van der Waals surface area contributed by atoms with Gasteiger partial charge in [0.25, 0.3) is 23.0 Å². The Bertz CT molecular complexity index is 3400. The van der Waals surface area contributed by atoms with Crippen LogP contribution in [0.15, 0.2) is 173 Å². The van der Waals surface area contributed by atoms with E-state index in [2.05, 4.69) is 69.4 Å². The molecule has 0 spiro atoms. The predicted octanol–water partition coefficient (Wildman–Crippen LogP) is 14.2. The number of nitrogens with zero attached hydrogens (tertiary/aromatic N) is 5. The first-order valence-corrected chi connectivity index (χ1v) is 38.7. The van der Waals surface area contributed by atoms with Crippen LogP contribution in [0, 0.1) is 0 Å². The average Bonchev–Trinajstić information content (AvgIpc) is 1.83. The summed E-state index contributed by atoms with van der Waals surface area (Å²) >= 11 is 31.5. The molecule has 19 nitrogen and oxygen atoms in total. The van der Waals surface area contributed by atoms with Crippen molar-refractivity contribution in [2.45, 2.75) is 65.8 Å². The van der Waals surface area contributed by atoms with Gasteiger partial charge < -0.3 is 29.2 Å². The second-order valence-corrected chi connectivity index (χ2v) is 28.6. The van der Waals surface area contributed by atoms with Crippen LogP contribution in [-0.4, -0.2) is 114 Å². The first kappa shape index (κ1) is 99.5. The van der Waals surface area contributed by atoms with Crippen LogP contribution in [0.2, 0.25) is 0 Å². The zero-order valence-electron chi connectivity index (χ0n) is 51.7. The number of nitrogen functional groups attached to an aromatic ring is 2. The zero-order valence-corrected chi connectivity index (χ0v) is 67.5. The molecule has 0 aliphatic heterocycles. The SMILES string of the molecule is Br.C.CC.CC.CC.CO.CS(=O)(=O)c1cnc(NC(=O)c2ccccc2)s1.CS(=O)(=O)c1cnc(NC(=O)c2ccccc2)s1.CSc1cnc(N)s1.CSc1cnc(NC(=O)c2ccccc2)s1.C[S-].ClCCl.Nc1ncc(Br)s1.O=C(Cl)c1ccccc1.[Na+]. The molecule has 0 bridgehead atoms. The molecule has 0 saturated heterocycles. The number of anilines is 5. The summed E-state index contributed by atoms with van der Waals surface area (Å²) in [5, 5.41) is 17.1. The molecule has 4 aromatic carbocycles.